The SMILES string of the molecule is CC(O)(CNC(=O)CSCc1ccncc1)c1ccc(F)cc1. The van der Waals surface area contributed by atoms with E-state index in [2.05, 4.69) is 10.3 Å². The van der Waals surface area contributed by atoms with Gasteiger partial charge in [0.25, 0.3) is 0 Å². The van der Waals surface area contributed by atoms with Gasteiger partial charge in [-0.25, -0.2) is 4.39 Å². The van der Waals surface area contributed by atoms with Gasteiger partial charge in [0.1, 0.15) is 11.4 Å². The van der Waals surface area contributed by atoms with Gasteiger partial charge in [0.15, 0.2) is 0 Å². The summed E-state index contributed by atoms with van der Waals surface area (Å²) in [6.45, 7) is 1.66. The van der Waals surface area contributed by atoms with E-state index in [0.29, 0.717) is 11.3 Å². The zero-order chi connectivity index (χ0) is 16.7. The summed E-state index contributed by atoms with van der Waals surface area (Å²) in [6, 6.07) is 9.42. The predicted octanol–water partition coefficient (Wildman–Crippen LogP) is 2.48. The Labute approximate surface area is 139 Å². The Kier molecular flexibility index (Phi) is 6.12. The first-order valence-corrected chi connectivity index (χ1v) is 8.34. The molecule has 1 aromatic carbocycles. The zero-order valence-electron chi connectivity index (χ0n) is 12.8. The molecule has 0 aliphatic carbocycles. The Hall–Kier alpha value is -1.92. The van der Waals surface area contributed by atoms with Crippen LogP contribution in [0.25, 0.3) is 0 Å². The lowest BCUT2D eigenvalue weighted by atomic mass is 9.96. The predicted molar refractivity (Wildman–Crippen MR) is 89.4 cm³/mol. The van der Waals surface area contributed by atoms with E-state index in [-0.39, 0.29) is 18.3 Å². The third kappa shape index (κ3) is 5.65. The maximum absolute atomic E-state index is 12.9. The summed E-state index contributed by atoms with van der Waals surface area (Å²) in [5.74, 6) is 0.527. The molecule has 0 saturated carbocycles. The van der Waals surface area contributed by atoms with Crippen LogP contribution in [0.2, 0.25) is 0 Å². The van der Waals surface area contributed by atoms with Crippen molar-refractivity contribution in [3.8, 4) is 0 Å². The van der Waals surface area contributed by atoms with Gasteiger partial charge in [0.05, 0.1) is 12.3 Å². The molecule has 23 heavy (non-hydrogen) atoms. The van der Waals surface area contributed by atoms with E-state index in [4.69, 9.17) is 0 Å². The molecule has 0 spiro atoms. The van der Waals surface area contributed by atoms with Gasteiger partial charge in [-0.05, 0) is 42.3 Å². The fraction of sp³-hybridized carbons (Fsp3) is 0.294. The smallest absolute Gasteiger partial charge is 0.230 e. The molecule has 2 rings (SSSR count). The minimum absolute atomic E-state index is 0.0767. The van der Waals surface area contributed by atoms with Gasteiger partial charge in [-0.15, -0.1) is 11.8 Å². The molecular formula is C17H19FN2O2S. The average molecular weight is 334 g/mol. The number of carbonyl (C=O) groups is 1. The lowest BCUT2D eigenvalue weighted by Gasteiger charge is -2.24. The molecular weight excluding hydrogens is 315 g/mol. The van der Waals surface area contributed by atoms with Crippen LogP contribution in [0.4, 0.5) is 4.39 Å². The van der Waals surface area contributed by atoms with Crippen molar-refractivity contribution in [1.82, 2.24) is 10.3 Å². The second kappa shape index (κ2) is 8.08. The van der Waals surface area contributed by atoms with E-state index in [1.807, 2.05) is 12.1 Å². The van der Waals surface area contributed by atoms with Crippen LogP contribution in [0.1, 0.15) is 18.1 Å². The highest BCUT2D eigenvalue weighted by molar-refractivity contribution is 7.99. The molecule has 1 aromatic heterocycles. The number of thioether (sulfide) groups is 1. The minimum atomic E-state index is -1.24. The highest BCUT2D eigenvalue weighted by Gasteiger charge is 2.23. The van der Waals surface area contributed by atoms with Crippen LogP contribution in [0.3, 0.4) is 0 Å². The number of carbonyl (C=O) groups excluding carboxylic acids is 1. The van der Waals surface area contributed by atoms with Crippen LogP contribution < -0.4 is 5.32 Å². The van der Waals surface area contributed by atoms with E-state index in [9.17, 15) is 14.3 Å². The Morgan fingerprint density at radius 2 is 1.91 bits per heavy atom. The lowest BCUT2D eigenvalue weighted by molar-refractivity contribution is -0.119. The Morgan fingerprint density at radius 1 is 1.26 bits per heavy atom. The summed E-state index contributed by atoms with van der Waals surface area (Å²) in [5, 5.41) is 13.1. The van der Waals surface area contributed by atoms with Gasteiger partial charge in [-0.3, -0.25) is 9.78 Å². The summed E-state index contributed by atoms with van der Waals surface area (Å²) >= 11 is 1.49. The molecule has 1 unspecified atom stereocenters. The van der Waals surface area contributed by atoms with E-state index in [1.54, 1.807) is 19.3 Å². The monoisotopic (exact) mass is 334 g/mol. The maximum Gasteiger partial charge on any atom is 0.230 e. The second-order valence-corrected chi connectivity index (χ2v) is 6.39. The summed E-state index contributed by atoms with van der Waals surface area (Å²) in [4.78, 5) is 15.8. The third-order valence-corrected chi connectivity index (χ3v) is 4.35. The number of hydrogen-bond donors (Lipinski definition) is 2. The number of rotatable bonds is 7. The molecule has 1 heterocycles. The molecule has 0 saturated heterocycles. The Balaban J connectivity index is 1.76. The number of hydrogen-bond acceptors (Lipinski definition) is 4. The summed E-state index contributed by atoms with van der Waals surface area (Å²) < 4.78 is 12.9. The maximum atomic E-state index is 12.9. The van der Waals surface area contributed by atoms with E-state index in [1.165, 1.54) is 36.0 Å². The Morgan fingerprint density at radius 3 is 2.57 bits per heavy atom. The fourth-order valence-corrected chi connectivity index (χ4v) is 2.79. The number of halogens is 1. The summed E-state index contributed by atoms with van der Waals surface area (Å²) in [6.07, 6.45) is 3.44. The number of nitrogens with zero attached hydrogens (tertiary/aromatic N) is 1. The lowest BCUT2D eigenvalue weighted by Crippen LogP contribution is -2.39. The number of pyridine rings is 1. The number of aliphatic hydroxyl groups is 1. The number of nitrogens with one attached hydrogen (secondary N) is 1. The zero-order valence-corrected chi connectivity index (χ0v) is 13.6. The first-order valence-electron chi connectivity index (χ1n) is 7.19. The van der Waals surface area contributed by atoms with Gasteiger partial charge in [-0.2, -0.15) is 0 Å². The molecule has 2 N–H and O–H groups in total. The van der Waals surface area contributed by atoms with Crippen LogP contribution in [0.15, 0.2) is 48.8 Å². The second-order valence-electron chi connectivity index (χ2n) is 5.41. The van der Waals surface area contributed by atoms with Gasteiger partial charge in [-0.1, -0.05) is 12.1 Å². The van der Waals surface area contributed by atoms with Crippen molar-refractivity contribution in [3.63, 3.8) is 0 Å². The van der Waals surface area contributed by atoms with Crippen molar-refractivity contribution in [2.75, 3.05) is 12.3 Å². The summed E-state index contributed by atoms with van der Waals surface area (Å²) in [7, 11) is 0. The van der Waals surface area contributed by atoms with Crippen LogP contribution in [0.5, 0.6) is 0 Å². The van der Waals surface area contributed by atoms with Gasteiger partial charge >= 0.3 is 0 Å². The molecule has 6 heteroatoms. The van der Waals surface area contributed by atoms with Crippen molar-refractivity contribution < 1.29 is 14.3 Å². The van der Waals surface area contributed by atoms with Crippen LogP contribution in [0, 0.1) is 5.82 Å². The van der Waals surface area contributed by atoms with Crippen molar-refractivity contribution in [3.05, 3.63) is 65.7 Å². The van der Waals surface area contributed by atoms with Crippen LogP contribution in [-0.2, 0) is 16.1 Å². The summed E-state index contributed by atoms with van der Waals surface area (Å²) in [5.41, 5.74) is 0.429. The minimum Gasteiger partial charge on any atom is -0.384 e. The molecule has 2 aromatic rings. The van der Waals surface area contributed by atoms with Crippen molar-refractivity contribution in [2.24, 2.45) is 0 Å². The van der Waals surface area contributed by atoms with Crippen molar-refractivity contribution >= 4 is 17.7 Å². The first kappa shape index (κ1) is 17.4. The molecule has 4 nitrogen and oxygen atoms in total. The van der Waals surface area contributed by atoms with Crippen LogP contribution >= 0.6 is 11.8 Å². The topological polar surface area (TPSA) is 62.2 Å². The Bertz CT molecular complexity index is 633. The van der Waals surface area contributed by atoms with Gasteiger partial charge in [0, 0.05) is 18.1 Å². The quantitative estimate of drug-likeness (QED) is 0.817. The largest absolute Gasteiger partial charge is 0.384 e. The molecule has 0 fully saturated rings. The first-order chi connectivity index (χ1) is 11.0. The molecule has 122 valence electrons. The fourth-order valence-electron chi connectivity index (χ4n) is 1.97. The van der Waals surface area contributed by atoms with Crippen molar-refractivity contribution in [1.29, 1.82) is 0 Å². The highest BCUT2D eigenvalue weighted by Crippen LogP contribution is 2.20. The molecule has 0 aliphatic rings. The third-order valence-electron chi connectivity index (χ3n) is 3.35. The molecule has 1 amide bonds. The number of amides is 1. The number of aromatic nitrogens is 1. The van der Waals surface area contributed by atoms with Gasteiger partial charge in [0.2, 0.25) is 5.91 Å². The normalized spacial score (nSPS) is 13.3. The molecule has 0 bridgehead atoms. The number of benzene rings is 1. The van der Waals surface area contributed by atoms with E-state index >= 15 is 0 Å². The van der Waals surface area contributed by atoms with E-state index < -0.39 is 5.60 Å². The van der Waals surface area contributed by atoms with Crippen molar-refractivity contribution in [2.45, 2.75) is 18.3 Å². The average Bonchev–Trinajstić information content (AvgIpc) is 2.54. The van der Waals surface area contributed by atoms with E-state index in [0.717, 1.165) is 11.3 Å². The molecule has 0 radical (unpaired) electrons. The van der Waals surface area contributed by atoms with Gasteiger partial charge < -0.3 is 10.4 Å². The molecule has 1 atom stereocenters. The highest BCUT2D eigenvalue weighted by atomic mass is 32.2. The van der Waals surface area contributed by atoms with Crippen LogP contribution in [-0.4, -0.2) is 28.3 Å². The standard InChI is InChI=1S/C17H19FN2O2S/c1-17(22,14-2-4-15(18)5-3-14)12-20-16(21)11-23-10-13-6-8-19-9-7-13/h2-9,22H,10-12H2,1H3,(H,20,21). The molecule has 0 aliphatic heterocycles.